The van der Waals surface area contributed by atoms with E-state index in [4.69, 9.17) is 5.11 Å². The number of aliphatic hydroxyl groups excluding tert-OH is 1. The van der Waals surface area contributed by atoms with Crippen molar-refractivity contribution >= 4 is 16.7 Å². The number of carbonyl (C=O) groups is 1. The van der Waals surface area contributed by atoms with Crippen LogP contribution in [0, 0.1) is 0 Å². The Morgan fingerprint density at radius 3 is 2.65 bits per heavy atom. The van der Waals surface area contributed by atoms with Crippen LogP contribution in [0.2, 0.25) is 0 Å². The lowest BCUT2D eigenvalue weighted by Gasteiger charge is -2.16. The topological polar surface area (TPSA) is 40.5 Å². The van der Waals surface area contributed by atoms with E-state index < -0.39 is 0 Å². The van der Waals surface area contributed by atoms with Crippen molar-refractivity contribution in [3.63, 3.8) is 0 Å². The second-order valence-electron chi connectivity index (χ2n) is 3.98. The largest absolute Gasteiger partial charge is 0.395 e. The summed E-state index contributed by atoms with van der Waals surface area (Å²) in [5, 5.41) is 10.9. The Balaban J connectivity index is 2.45. The molecule has 17 heavy (non-hydrogen) atoms. The van der Waals surface area contributed by atoms with Crippen LogP contribution in [-0.2, 0) is 0 Å². The molecule has 0 saturated carbocycles. The Kier molecular flexibility index (Phi) is 3.40. The van der Waals surface area contributed by atoms with Gasteiger partial charge in [0.1, 0.15) is 0 Å². The molecule has 0 saturated heterocycles. The van der Waals surface area contributed by atoms with E-state index in [-0.39, 0.29) is 12.5 Å². The third-order valence-electron chi connectivity index (χ3n) is 2.80. The SMILES string of the molecule is CN(CCO)C(=O)c1cccc2ccccc12. The van der Waals surface area contributed by atoms with Gasteiger partial charge in [-0.2, -0.15) is 0 Å². The summed E-state index contributed by atoms with van der Waals surface area (Å²) in [4.78, 5) is 13.7. The molecule has 3 heteroatoms. The minimum atomic E-state index is -0.0594. The fourth-order valence-electron chi connectivity index (χ4n) is 1.87. The van der Waals surface area contributed by atoms with Gasteiger partial charge in [-0.05, 0) is 16.8 Å². The molecule has 0 heterocycles. The van der Waals surface area contributed by atoms with Crippen LogP contribution in [0.5, 0.6) is 0 Å². The van der Waals surface area contributed by atoms with Crippen molar-refractivity contribution in [2.24, 2.45) is 0 Å². The van der Waals surface area contributed by atoms with E-state index in [0.29, 0.717) is 12.1 Å². The number of hydrogen-bond donors (Lipinski definition) is 1. The standard InChI is InChI=1S/C14H15NO2/c1-15(9-10-16)14(17)13-8-4-6-11-5-2-3-7-12(11)13/h2-8,16H,9-10H2,1H3. The highest BCUT2D eigenvalue weighted by molar-refractivity contribution is 6.06. The molecule has 0 bridgehead atoms. The molecular weight excluding hydrogens is 214 g/mol. The molecule has 0 unspecified atom stereocenters. The number of hydrogen-bond acceptors (Lipinski definition) is 2. The average molecular weight is 229 g/mol. The first kappa shape index (κ1) is 11.6. The second kappa shape index (κ2) is 4.97. The smallest absolute Gasteiger partial charge is 0.254 e. The van der Waals surface area contributed by atoms with Crippen molar-refractivity contribution in [1.82, 2.24) is 4.90 Å². The fraction of sp³-hybridized carbons (Fsp3) is 0.214. The Morgan fingerprint density at radius 2 is 1.88 bits per heavy atom. The minimum absolute atomic E-state index is 0.0208. The number of aliphatic hydroxyl groups is 1. The molecule has 2 rings (SSSR count). The van der Waals surface area contributed by atoms with Gasteiger partial charge >= 0.3 is 0 Å². The lowest BCUT2D eigenvalue weighted by molar-refractivity contribution is 0.0769. The van der Waals surface area contributed by atoms with Gasteiger partial charge in [-0.25, -0.2) is 0 Å². The van der Waals surface area contributed by atoms with Gasteiger partial charge in [0.25, 0.3) is 5.91 Å². The van der Waals surface area contributed by atoms with Crippen LogP contribution in [0.1, 0.15) is 10.4 Å². The Labute approximate surface area is 100 Å². The first-order valence-corrected chi connectivity index (χ1v) is 5.58. The van der Waals surface area contributed by atoms with Gasteiger partial charge in [0.05, 0.1) is 6.61 Å². The molecule has 0 radical (unpaired) electrons. The molecule has 1 N–H and O–H groups in total. The van der Waals surface area contributed by atoms with E-state index in [9.17, 15) is 4.79 Å². The van der Waals surface area contributed by atoms with Gasteiger partial charge in [0, 0.05) is 19.2 Å². The number of fused-ring (bicyclic) bond motifs is 1. The number of likely N-dealkylation sites (N-methyl/N-ethyl adjacent to an activating group) is 1. The number of nitrogens with zero attached hydrogens (tertiary/aromatic N) is 1. The number of carbonyl (C=O) groups excluding carboxylic acids is 1. The highest BCUT2D eigenvalue weighted by Crippen LogP contribution is 2.19. The Bertz CT molecular complexity index is 531. The molecule has 0 aliphatic rings. The summed E-state index contributed by atoms with van der Waals surface area (Å²) < 4.78 is 0. The van der Waals surface area contributed by atoms with E-state index in [1.54, 1.807) is 7.05 Å². The zero-order valence-electron chi connectivity index (χ0n) is 9.76. The summed E-state index contributed by atoms with van der Waals surface area (Å²) in [7, 11) is 1.69. The summed E-state index contributed by atoms with van der Waals surface area (Å²) in [5.41, 5.74) is 0.680. The molecule has 0 atom stereocenters. The Morgan fingerprint density at radius 1 is 1.18 bits per heavy atom. The quantitative estimate of drug-likeness (QED) is 0.873. The van der Waals surface area contributed by atoms with Crippen molar-refractivity contribution in [2.75, 3.05) is 20.2 Å². The second-order valence-corrected chi connectivity index (χ2v) is 3.98. The van der Waals surface area contributed by atoms with Gasteiger partial charge in [-0.15, -0.1) is 0 Å². The van der Waals surface area contributed by atoms with Crippen molar-refractivity contribution in [1.29, 1.82) is 0 Å². The summed E-state index contributed by atoms with van der Waals surface area (Å²) in [6, 6.07) is 13.5. The molecule has 0 aromatic heterocycles. The summed E-state index contributed by atoms with van der Waals surface area (Å²) >= 11 is 0. The Hall–Kier alpha value is -1.87. The van der Waals surface area contributed by atoms with Crippen LogP contribution in [0.4, 0.5) is 0 Å². The lowest BCUT2D eigenvalue weighted by Crippen LogP contribution is -2.29. The van der Waals surface area contributed by atoms with Crippen LogP contribution in [0.15, 0.2) is 42.5 Å². The van der Waals surface area contributed by atoms with Crippen LogP contribution in [-0.4, -0.2) is 36.1 Å². The molecule has 0 fully saturated rings. The highest BCUT2D eigenvalue weighted by Gasteiger charge is 2.13. The first-order valence-electron chi connectivity index (χ1n) is 5.58. The van der Waals surface area contributed by atoms with Crippen molar-refractivity contribution in [3.05, 3.63) is 48.0 Å². The van der Waals surface area contributed by atoms with E-state index >= 15 is 0 Å². The zero-order chi connectivity index (χ0) is 12.3. The van der Waals surface area contributed by atoms with Crippen LogP contribution in [0.25, 0.3) is 10.8 Å². The van der Waals surface area contributed by atoms with Crippen molar-refractivity contribution in [2.45, 2.75) is 0 Å². The van der Waals surface area contributed by atoms with Gasteiger partial charge in [0.2, 0.25) is 0 Å². The van der Waals surface area contributed by atoms with Crippen molar-refractivity contribution in [3.8, 4) is 0 Å². The molecule has 0 aliphatic carbocycles. The molecule has 2 aromatic carbocycles. The van der Waals surface area contributed by atoms with E-state index in [2.05, 4.69) is 0 Å². The first-order chi connectivity index (χ1) is 8.24. The molecule has 0 aliphatic heterocycles. The molecule has 0 spiro atoms. The molecule has 2 aromatic rings. The van der Waals surface area contributed by atoms with Crippen molar-refractivity contribution < 1.29 is 9.90 Å². The maximum Gasteiger partial charge on any atom is 0.254 e. The lowest BCUT2D eigenvalue weighted by atomic mass is 10.0. The summed E-state index contributed by atoms with van der Waals surface area (Å²) in [6.45, 7) is 0.328. The molecule has 3 nitrogen and oxygen atoms in total. The molecule has 1 amide bonds. The predicted molar refractivity (Wildman–Crippen MR) is 68.0 cm³/mol. The fourth-order valence-corrected chi connectivity index (χ4v) is 1.87. The third-order valence-corrected chi connectivity index (χ3v) is 2.80. The number of benzene rings is 2. The van der Waals surface area contributed by atoms with E-state index in [1.807, 2.05) is 42.5 Å². The predicted octanol–water partition coefficient (Wildman–Crippen LogP) is 1.90. The van der Waals surface area contributed by atoms with Crippen LogP contribution in [0.3, 0.4) is 0 Å². The van der Waals surface area contributed by atoms with Gasteiger partial charge in [0.15, 0.2) is 0 Å². The minimum Gasteiger partial charge on any atom is -0.395 e. The monoisotopic (exact) mass is 229 g/mol. The van der Waals surface area contributed by atoms with E-state index in [0.717, 1.165) is 10.8 Å². The zero-order valence-corrected chi connectivity index (χ0v) is 9.76. The maximum atomic E-state index is 12.2. The van der Waals surface area contributed by atoms with Crippen LogP contribution >= 0.6 is 0 Å². The normalized spacial score (nSPS) is 10.5. The summed E-state index contributed by atoms with van der Waals surface area (Å²) in [5.74, 6) is -0.0594. The third kappa shape index (κ3) is 2.29. The molecular formula is C14H15NO2. The number of rotatable bonds is 3. The van der Waals surface area contributed by atoms with Crippen LogP contribution < -0.4 is 0 Å². The van der Waals surface area contributed by atoms with E-state index in [1.165, 1.54) is 4.90 Å². The van der Waals surface area contributed by atoms with Gasteiger partial charge in [-0.3, -0.25) is 4.79 Å². The van der Waals surface area contributed by atoms with Gasteiger partial charge in [-0.1, -0.05) is 36.4 Å². The van der Waals surface area contributed by atoms with Gasteiger partial charge < -0.3 is 10.0 Å². The summed E-state index contributed by atoms with van der Waals surface area (Å²) in [6.07, 6.45) is 0. The maximum absolute atomic E-state index is 12.2. The molecule has 88 valence electrons. The highest BCUT2D eigenvalue weighted by atomic mass is 16.3. The average Bonchev–Trinajstić information content (AvgIpc) is 2.37. The number of amides is 1.